The molecule has 1 fully saturated rings. The predicted molar refractivity (Wildman–Crippen MR) is 157 cm³/mol. The average molecular weight is 580 g/mol. The zero-order valence-corrected chi connectivity index (χ0v) is 24.0. The van der Waals surface area contributed by atoms with Gasteiger partial charge in [-0.15, -0.1) is 0 Å². The topological polar surface area (TPSA) is 133 Å². The molecule has 4 rings (SSSR count). The van der Waals surface area contributed by atoms with E-state index >= 15 is 0 Å². The zero-order chi connectivity index (χ0) is 29.4. The van der Waals surface area contributed by atoms with Gasteiger partial charge in [0.1, 0.15) is 0 Å². The van der Waals surface area contributed by atoms with E-state index in [9.17, 15) is 22.8 Å². The van der Waals surface area contributed by atoms with Crippen LogP contribution in [0.3, 0.4) is 0 Å². The van der Waals surface area contributed by atoms with Crippen molar-refractivity contribution in [3.63, 3.8) is 0 Å². The summed E-state index contributed by atoms with van der Waals surface area (Å²) in [6.45, 7) is 3.09. The first-order chi connectivity index (χ1) is 19.6. The Labute approximate surface area is 241 Å². The molecule has 3 amide bonds. The van der Waals surface area contributed by atoms with Gasteiger partial charge in [-0.05, 0) is 61.1 Å². The van der Waals surface area contributed by atoms with E-state index in [1.165, 1.54) is 17.0 Å². The number of fused-ring (bicyclic) bond motifs is 1. The zero-order valence-electron chi connectivity index (χ0n) is 23.2. The van der Waals surface area contributed by atoms with Crippen molar-refractivity contribution < 1.29 is 27.9 Å². The second kappa shape index (κ2) is 13.6. The van der Waals surface area contributed by atoms with E-state index in [0.29, 0.717) is 51.7 Å². The number of hydrogen-bond donors (Lipinski definition) is 3. The number of unbranched alkanes of at least 4 members (excludes halogenated alkanes) is 2. The van der Waals surface area contributed by atoms with E-state index in [0.717, 1.165) is 28.3 Å². The fraction of sp³-hybridized carbons (Fsp3) is 0.387. The van der Waals surface area contributed by atoms with Gasteiger partial charge in [-0.1, -0.05) is 73.0 Å². The summed E-state index contributed by atoms with van der Waals surface area (Å²) in [6.07, 6.45) is 2.68. The van der Waals surface area contributed by atoms with Gasteiger partial charge >= 0.3 is 6.09 Å². The SMILES string of the molecule is Cc1ccc(S(=O)(=O)NC(=O)C(CCCCCNC(=O)C2CCN(C(=O)O)CC2)c2ccc3ccccc3c2)cc1. The molecule has 1 heterocycles. The number of hydrogen-bond acceptors (Lipinski definition) is 5. The molecule has 0 bridgehead atoms. The highest BCUT2D eigenvalue weighted by atomic mass is 32.2. The van der Waals surface area contributed by atoms with E-state index < -0.39 is 27.9 Å². The van der Waals surface area contributed by atoms with Crippen molar-refractivity contribution in [2.75, 3.05) is 19.6 Å². The molecular formula is C31H37N3O6S. The number of aryl methyl sites for hydroxylation is 1. The number of rotatable bonds is 11. The van der Waals surface area contributed by atoms with Crippen LogP contribution in [0.15, 0.2) is 71.6 Å². The second-order valence-corrected chi connectivity index (χ2v) is 12.3. The number of nitrogens with zero attached hydrogens (tertiary/aromatic N) is 1. The van der Waals surface area contributed by atoms with E-state index in [2.05, 4.69) is 10.0 Å². The number of nitrogens with one attached hydrogen (secondary N) is 2. The lowest BCUT2D eigenvalue weighted by molar-refractivity contribution is -0.126. The van der Waals surface area contributed by atoms with E-state index in [-0.39, 0.29) is 16.7 Å². The second-order valence-electron chi connectivity index (χ2n) is 10.6. The molecule has 3 N–H and O–H groups in total. The van der Waals surface area contributed by atoms with Crippen LogP contribution in [0, 0.1) is 12.8 Å². The third kappa shape index (κ3) is 8.07. The van der Waals surface area contributed by atoms with Gasteiger partial charge in [-0.25, -0.2) is 17.9 Å². The third-order valence-corrected chi connectivity index (χ3v) is 9.03. The summed E-state index contributed by atoms with van der Waals surface area (Å²) in [5.74, 6) is -1.46. The largest absolute Gasteiger partial charge is 0.465 e. The Bertz CT molecular complexity index is 1480. The number of sulfonamides is 1. The van der Waals surface area contributed by atoms with Crippen LogP contribution in [0.1, 0.15) is 55.6 Å². The van der Waals surface area contributed by atoms with Gasteiger partial charge in [0.2, 0.25) is 11.8 Å². The molecular weight excluding hydrogens is 542 g/mol. The molecule has 0 saturated carbocycles. The summed E-state index contributed by atoms with van der Waals surface area (Å²) in [5.41, 5.74) is 1.67. The van der Waals surface area contributed by atoms with Crippen LogP contribution in [0.2, 0.25) is 0 Å². The first-order valence-corrected chi connectivity index (χ1v) is 15.5. The standard InChI is InChI=1S/C31H37N3O6S/c1-22-10-14-27(15-11-22)41(39,40)33-30(36)28(26-13-12-23-7-4-5-8-25(23)21-26)9-3-2-6-18-32-29(35)24-16-19-34(20-17-24)31(37)38/h4-5,7-8,10-15,21,24,28H,2-3,6,9,16-20H2,1H3,(H,32,35)(H,33,36)(H,37,38). The molecule has 3 aromatic rings. The fourth-order valence-corrected chi connectivity index (χ4v) is 6.21. The van der Waals surface area contributed by atoms with Crippen molar-refractivity contribution >= 4 is 38.7 Å². The number of amides is 3. The van der Waals surface area contributed by atoms with Gasteiger partial charge in [-0.2, -0.15) is 0 Å². The van der Waals surface area contributed by atoms with Crippen molar-refractivity contribution in [2.24, 2.45) is 5.92 Å². The molecule has 41 heavy (non-hydrogen) atoms. The van der Waals surface area contributed by atoms with Crippen LogP contribution >= 0.6 is 0 Å². The maximum Gasteiger partial charge on any atom is 0.407 e. The normalized spacial score (nSPS) is 14.9. The Morgan fingerprint density at radius 2 is 1.61 bits per heavy atom. The van der Waals surface area contributed by atoms with Gasteiger partial charge in [0.05, 0.1) is 10.8 Å². The quantitative estimate of drug-likeness (QED) is 0.280. The average Bonchev–Trinajstić information content (AvgIpc) is 2.96. The third-order valence-electron chi connectivity index (χ3n) is 7.66. The summed E-state index contributed by atoms with van der Waals surface area (Å²) >= 11 is 0. The molecule has 1 unspecified atom stereocenters. The van der Waals surface area contributed by atoms with Crippen LogP contribution in [0.25, 0.3) is 10.8 Å². The molecule has 3 aromatic carbocycles. The number of carbonyl (C=O) groups is 3. The summed E-state index contributed by atoms with van der Waals surface area (Å²) < 4.78 is 28.2. The molecule has 10 heteroatoms. The van der Waals surface area contributed by atoms with Crippen LogP contribution < -0.4 is 10.0 Å². The minimum atomic E-state index is -4.02. The Balaban J connectivity index is 1.34. The Morgan fingerprint density at radius 3 is 2.29 bits per heavy atom. The number of carbonyl (C=O) groups excluding carboxylic acids is 2. The minimum Gasteiger partial charge on any atom is -0.465 e. The fourth-order valence-electron chi connectivity index (χ4n) is 5.19. The minimum absolute atomic E-state index is 0.0399. The van der Waals surface area contributed by atoms with Crippen LogP contribution in [0.5, 0.6) is 0 Å². The molecule has 0 spiro atoms. The summed E-state index contributed by atoms with van der Waals surface area (Å²) in [4.78, 5) is 38.3. The molecule has 0 radical (unpaired) electrons. The summed E-state index contributed by atoms with van der Waals surface area (Å²) in [7, 11) is -4.02. The van der Waals surface area contributed by atoms with Gasteiger partial charge in [0, 0.05) is 25.6 Å². The Hall–Kier alpha value is -3.92. The molecule has 9 nitrogen and oxygen atoms in total. The molecule has 218 valence electrons. The smallest absolute Gasteiger partial charge is 0.407 e. The lowest BCUT2D eigenvalue weighted by atomic mass is 9.91. The van der Waals surface area contributed by atoms with Gasteiger partial charge in [0.15, 0.2) is 0 Å². The number of likely N-dealkylation sites (tertiary alicyclic amines) is 1. The number of benzene rings is 3. The van der Waals surface area contributed by atoms with Crippen molar-refractivity contribution in [3.05, 3.63) is 77.9 Å². The van der Waals surface area contributed by atoms with Crippen molar-refractivity contribution in [2.45, 2.75) is 56.3 Å². The van der Waals surface area contributed by atoms with Crippen LogP contribution in [0.4, 0.5) is 4.79 Å². The Kier molecular flexibility index (Phi) is 9.99. The van der Waals surface area contributed by atoms with Gasteiger partial charge < -0.3 is 15.3 Å². The molecule has 1 aliphatic heterocycles. The number of piperidine rings is 1. The molecule has 0 aromatic heterocycles. The summed E-state index contributed by atoms with van der Waals surface area (Å²) in [5, 5.41) is 14.0. The maximum absolute atomic E-state index is 13.4. The van der Waals surface area contributed by atoms with Crippen LogP contribution in [-0.4, -0.2) is 56.0 Å². The number of carboxylic acid groups (broad SMARTS) is 1. The molecule has 1 atom stereocenters. The monoisotopic (exact) mass is 579 g/mol. The summed E-state index contributed by atoms with van der Waals surface area (Å²) in [6, 6.07) is 19.9. The van der Waals surface area contributed by atoms with Crippen molar-refractivity contribution in [1.29, 1.82) is 0 Å². The van der Waals surface area contributed by atoms with Crippen LogP contribution in [-0.2, 0) is 19.6 Å². The molecule has 0 aliphatic carbocycles. The van der Waals surface area contributed by atoms with Crippen molar-refractivity contribution in [1.82, 2.24) is 14.9 Å². The van der Waals surface area contributed by atoms with E-state index in [1.807, 2.05) is 49.4 Å². The highest BCUT2D eigenvalue weighted by Crippen LogP contribution is 2.27. The van der Waals surface area contributed by atoms with Gasteiger partial charge in [-0.3, -0.25) is 9.59 Å². The van der Waals surface area contributed by atoms with E-state index in [4.69, 9.17) is 5.11 Å². The molecule has 1 saturated heterocycles. The van der Waals surface area contributed by atoms with E-state index in [1.54, 1.807) is 12.1 Å². The lowest BCUT2D eigenvalue weighted by Gasteiger charge is -2.29. The van der Waals surface area contributed by atoms with Crippen molar-refractivity contribution in [3.8, 4) is 0 Å². The first-order valence-electron chi connectivity index (χ1n) is 14.0. The predicted octanol–water partition coefficient (Wildman–Crippen LogP) is 4.80. The Morgan fingerprint density at radius 1 is 0.927 bits per heavy atom. The highest BCUT2D eigenvalue weighted by Gasteiger charge is 2.28. The lowest BCUT2D eigenvalue weighted by Crippen LogP contribution is -2.42. The molecule has 1 aliphatic rings. The maximum atomic E-state index is 13.4. The highest BCUT2D eigenvalue weighted by molar-refractivity contribution is 7.90. The van der Waals surface area contributed by atoms with Gasteiger partial charge in [0.25, 0.3) is 10.0 Å². The first kappa shape index (κ1) is 30.0.